The molecule has 0 heterocycles. The number of phenols is 1. The minimum Gasteiger partial charge on any atom is -0.510 e. The Labute approximate surface area is 220 Å². The smallest absolute Gasteiger partial charge is 0.255 e. The number of fused-ring (bicyclic) bond motifs is 3. The Morgan fingerprint density at radius 2 is 1.82 bits per heavy atom. The molecule has 10 heteroatoms. The van der Waals surface area contributed by atoms with Crippen molar-refractivity contribution in [2.24, 2.45) is 17.6 Å². The maximum atomic E-state index is 14.0. The summed E-state index contributed by atoms with van der Waals surface area (Å²) in [6.45, 7) is 0. The summed E-state index contributed by atoms with van der Waals surface area (Å²) in [4.78, 5) is 43.0. The molecule has 1 unspecified atom stereocenters. The zero-order valence-corrected chi connectivity index (χ0v) is 21.9. The molecule has 1 aromatic carbocycles. The average molecular weight is 524 g/mol. The van der Waals surface area contributed by atoms with Crippen molar-refractivity contribution in [2.75, 3.05) is 33.1 Å². The molecule has 202 valence electrons. The second kappa shape index (κ2) is 8.71. The molecule has 0 bridgehead atoms. The molecular formula is C28H33N3O7. The largest absolute Gasteiger partial charge is 0.510 e. The Bertz CT molecular complexity index is 1370. The van der Waals surface area contributed by atoms with Gasteiger partial charge in [0.15, 0.2) is 11.4 Å². The zero-order chi connectivity index (χ0) is 27.8. The number of primary amides is 1. The first-order valence-corrected chi connectivity index (χ1v) is 12.7. The highest BCUT2D eigenvalue weighted by molar-refractivity contribution is 6.25. The third-order valence-electron chi connectivity index (χ3n) is 8.62. The second-order valence-corrected chi connectivity index (χ2v) is 11.2. The van der Waals surface area contributed by atoms with Crippen LogP contribution in [0.1, 0.15) is 46.7 Å². The van der Waals surface area contributed by atoms with E-state index in [1.54, 1.807) is 14.1 Å². The summed E-state index contributed by atoms with van der Waals surface area (Å²) in [7, 11) is 6.91. The number of amides is 1. The van der Waals surface area contributed by atoms with Crippen LogP contribution in [0.25, 0.3) is 0 Å². The predicted octanol–water partition coefficient (Wildman–Crippen LogP) is 1.62. The van der Waals surface area contributed by atoms with Crippen LogP contribution in [0, 0.1) is 11.8 Å². The van der Waals surface area contributed by atoms with Crippen molar-refractivity contribution < 1.29 is 34.8 Å². The van der Waals surface area contributed by atoms with Crippen LogP contribution < -0.4 is 10.6 Å². The van der Waals surface area contributed by atoms with Gasteiger partial charge in [0, 0.05) is 42.8 Å². The quantitative estimate of drug-likeness (QED) is 0.291. The van der Waals surface area contributed by atoms with Gasteiger partial charge in [-0.05, 0) is 57.3 Å². The molecular weight excluding hydrogens is 490 g/mol. The van der Waals surface area contributed by atoms with E-state index in [0.29, 0.717) is 11.1 Å². The van der Waals surface area contributed by atoms with Crippen LogP contribution in [-0.4, -0.2) is 82.6 Å². The first-order valence-electron chi connectivity index (χ1n) is 12.7. The van der Waals surface area contributed by atoms with Gasteiger partial charge in [0.1, 0.15) is 22.8 Å². The number of aliphatic hydroxyl groups is 3. The van der Waals surface area contributed by atoms with E-state index in [-0.39, 0.29) is 35.6 Å². The van der Waals surface area contributed by atoms with Crippen molar-refractivity contribution >= 4 is 23.2 Å². The number of likely N-dealkylation sites (N-methyl/N-ethyl adjacent to an activating group) is 1. The number of ketones is 2. The van der Waals surface area contributed by atoms with Crippen LogP contribution in [0.3, 0.4) is 0 Å². The molecule has 0 saturated carbocycles. The number of rotatable bonds is 4. The van der Waals surface area contributed by atoms with Gasteiger partial charge in [-0.1, -0.05) is 12.2 Å². The standard InChI is InChI=1S/C28H33N3O7/c1-30(2)17-11-14(12-7-5-6-8-12)22(32)19-15(17)9-13-10-16-21(31(3)4)24(34)20(27(29)37)26(36)28(16,38)25(35)18(13)23(19)33/h5,7,11-13,16,21,32,34-35,38H,6,8-10H2,1-4H3,(H2,29,37)/t12?,13-,16-,21+,28+/m0/s1. The number of allylic oxidation sites excluding steroid dienone is 3. The predicted molar refractivity (Wildman–Crippen MR) is 139 cm³/mol. The summed E-state index contributed by atoms with van der Waals surface area (Å²) >= 11 is 0. The van der Waals surface area contributed by atoms with E-state index in [9.17, 15) is 34.8 Å². The Kier molecular flexibility index (Phi) is 5.96. The van der Waals surface area contributed by atoms with Crippen LogP contribution >= 0.6 is 0 Å². The molecule has 0 aliphatic heterocycles. The molecule has 1 amide bonds. The number of aromatic hydroxyl groups is 1. The van der Waals surface area contributed by atoms with Gasteiger partial charge in [0.25, 0.3) is 5.91 Å². The number of nitrogens with zero attached hydrogens (tertiary/aromatic N) is 2. The van der Waals surface area contributed by atoms with Crippen molar-refractivity contribution in [2.45, 2.75) is 43.2 Å². The molecule has 6 N–H and O–H groups in total. The number of anilines is 1. The number of hydrogen-bond acceptors (Lipinski definition) is 9. The van der Waals surface area contributed by atoms with Gasteiger partial charge in [-0.25, -0.2) is 0 Å². The Hall–Kier alpha value is -3.63. The van der Waals surface area contributed by atoms with Crippen LogP contribution in [0.5, 0.6) is 5.75 Å². The van der Waals surface area contributed by atoms with Gasteiger partial charge in [0.2, 0.25) is 5.78 Å². The molecule has 5 rings (SSSR count). The number of benzene rings is 1. The fourth-order valence-electron chi connectivity index (χ4n) is 6.89. The number of carbonyl (C=O) groups excluding carboxylic acids is 3. The highest BCUT2D eigenvalue weighted by Crippen LogP contribution is 2.54. The summed E-state index contributed by atoms with van der Waals surface area (Å²) in [5, 5.41) is 45.4. The van der Waals surface area contributed by atoms with Gasteiger partial charge in [-0.15, -0.1) is 0 Å². The third kappa shape index (κ3) is 3.36. The fraction of sp³-hybridized carbons (Fsp3) is 0.464. The first kappa shape index (κ1) is 26.0. The Balaban J connectivity index is 1.74. The number of nitrogens with two attached hydrogens (primary N) is 1. The van der Waals surface area contributed by atoms with Crippen molar-refractivity contribution in [1.82, 2.24) is 4.90 Å². The van der Waals surface area contributed by atoms with Crippen LogP contribution in [0.4, 0.5) is 5.69 Å². The van der Waals surface area contributed by atoms with Crippen molar-refractivity contribution in [3.63, 3.8) is 0 Å². The molecule has 4 aliphatic rings. The van der Waals surface area contributed by atoms with Gasteiger partial charge in [-0.2, -0.15) is 0 Å². The van der Waals surface area contributed by atoms with E-state index < -0.39 is 58.0 Å². The summed E-state index contributed by atoms with van der Waals surface area (Å²) in [6, 6.07) is 0.884. The number of Topliss-reactive ketones (excluding diaryl/α,β-unsaturated/α-hetero) is 2. The van der Waals surface area contributed by atoms with Gasteiger partial charge < -0.3 is 31.1 Å². The lowest BCUT2D eigenvalue weighted by Gasteiger charge is -2.50. The number of aliphatic hydroxyl groups excluding tert-OH is 2. The molecule has 38 heavy (non-hydrogen) atoms. The minimum absolute atomic E-state index is 0.0484. The van der Waals surface area contributed by atoms with E-state index in [1.165, 1.54) is 4.90 Å². The lowest BCUT2D eigenvalue weighted by molar-refractivity contribution is -0.148. The first-order chi connectivity index (χ1) is 17.8. The molecule has 0 radical (unpaired) electrons. The van der Waals surface area contributed by atoms with Crippen molar-refractivity contribution in [3.05, 3.63) is 57.6 Å². The van der Waals surface area contributed by atoms with Crippen LogP contribution in [-0.2, 0) is 16.0 Å². The van der Waals surface area contributed by atoms with E-state index >= 15 is 0 Å². The lowest BCUT2D eigenvalue weighted by Crippen LogP contribution is -2.63. The SMILES string of the molecule is CN(C)c1cc(C2C=CCC2)c(O)c2c1C[C@H]1C[C@H]3[C@@H](N(C)C)C(O)=C(C(N)=O)C(=O)[C@]3(O)C(O)=C1C2=O. The lowest BCUT2D eigenvalue weighted by atomic mass is 9.58. The summed E-state index contributed by atoms with van der Waals surface area (Å²) < 4.78 is 0. The average Bonchev–Trinajstić information content (AvgIpc) is 3.35. The van der Waals surface area contributed by atoms with Crippen molar-refractivity contribution in [1.29, 1.82) is 0 Å². The van der Waals surface area contributed by atoms with Crippen LogP contribution in [0.15, 0.2) is 40.9 Å². The monoisotopic (exact) mass is 523 g/mol. The van der Waals surface area contributed by atoms with E-state index in [2.05, 4.69) is 0 Å². The summed E-state index contributed by atoms with van der Waals surface area (Å²) in [5.74, 6) is -6.47. The highest BCUT2D eigenvalue weighted by atomic mass is 16.3. The topological polar surface area (TPSA) is 165 Å². The zero-order valence-electron chi connectivity index (χ0n) is 21.9. The van der Waals surface area contributed by atoms with Crippen molar-refractivity contribution in [3.8, 4) is 5.75 Å². The molecule has 4 aliphatic carbocycles. The molecule has 5 atom stereocenters. The minimum atomic E-state index is -2.64. The number of carbonyl (C=O) groups is 3. The van der Waals surface area contributed by atoms with Gasteiger partial charge >= 0.3 is 0 Å². The maximum Gasteiger partial charge on any atom is 0.255 e. The van der Waals surface area contributed by atoms with E-state index in [4.69, 9.17) is 5.73 Å². The Morgan fingerprint density at radius 1 is 1.13 bits per heavy atom. The summed E-state index contributed by atoms with van der Waals surface area (Å²) in [6.07, 6.45) is 5.98. The summed E-state index contributed by atoms with van der Waals surface area (Å²) in [5.41, 5.74) is 3.82. The Morgan fingerprint density at radius 3 is 2.37 bits per heavy atom. The fourth-order valence-corrected chi connectivity index (χ4v) is 6.89. The molecule has 10 nitrogen and oxygen atoms in total. The highest BCUT2D eigenvalue weighted by Gasteiger charge is 2.63. The van der Waals surface area contributed by atoms with Gasteiger partial charge in [0.05, 0.1) is 11.6 Å². The molecule has 1 aromatic rings. The number of phenolic OH excluding ortho intramolecular Hbond substituents is 1. The molecule has 0 spiro atoms. The normalized spacial score (nSPS) is 30.5. The molecule has 0 saturated heterocycles. The molecule has 0 fully saturated rings. The maximum absolute atomic E-state index is 14.0. The van der Waals surface area contributed by atoms with E-state index in [0.717, 1.165) is 18.5 Å². The van der Waals surface area contributed by atoms with E-state index in [1.807, 2.05) is 37.2 Å². The van der Waals surface area contributed by atoms with Crippen LogP contribution in [0.2, 0.25) is 0 Å². The van der Waals surface area contributed by atoms with Gasteiger partial charge in [-0.3, -0.25) is 19.3 Å². The third-order valence-corrected chi connectivity index (χ3v) is 8.62. The molecule has 0 aromatic heterocycles. The number of hydrogen-bond donors (Lipinski definition) is 5. The second-order valence-electron chi connectivity index (χ2n) is 11.2.